The van der Waals surface area contributed by atoms with E-state index in [4.69, 9.17) is 4.74 Å². The Bertz CT molecular complexity index is 833. The Hall–Kier alpha value is -2.33. The monoisotopic (exact) mass is 378 g/mol. The van der Waals surface area contributed by atoms with Crippen LogP contribution in [0.3, 0.4) is 0 Å². The predicted octanol–water partition coefficient (Wildman–Crippen LogP) is 4.98. The number of fused-ring (bicyclic) bond motifs is 2. The van der Waals surface area contributed by atoms with Crippen LogP contribution in [0.15, 0.2) is 54.6 Å². The summed E-state index contributed by atoms with van der Waals surface area (Å²) in [5.74, 6) is 0. The Morgan fingerprint density at radius 3 is 2.32 bits per heavy atom. The van der Waals surface area contributed by atoms with E-state index < -0.39 is 5.60 Å². The molecule has 0 atom stereocenters. The van der Waals surface area contributed by atoms with E-state index in [1.807, 2.05) is 31.7 Å². The van der Waals surface area contributed by atoms with Crippen molar-refractivity contribution >= 4 is 11.8 Å². The van der Waals surface area contributed by atoms with Crippen LogP contribution in [0.1, 0.15) is 44.7 Å². The molecular weight excluding hydrogens is 348 g/mol. The molecular formula is C24H30N2O2. The molecule has 1 spiro atoms. The van der Waals surface area contributed by atoms with Crippen LogP contribution in [0.2, 0.25) is 0 Å². The molecule has 0 radical (unpaired) electrons. The summed E-state index contributed by atoms with van der Waals surface area (Å²) in [4.78, 5) is 17.2. The Morgan fingerprint density at radius 1 is 1.00 bits per heavy atom. The summed E-state index contributed by atoms with van der Waals surface area (Å²) in [6.45, 7) is 9.58. The largest absolute Gasteiger partial charge is 0.443 e. The first-order valence-corrected chi connectivity index (χ1v) is 10.2. The molecule has 148 valence electrons. The fourth-order valence-corrected chi connectivity index (χ4v) is 4.52. The van der Waals surface area contributed by atoms with Crippen molar-refractivity contribution in [2.24, 2.45) is 0 Å². The topological polar surface area (TPSA) is 32.8 Å². The Kier molecular flexibility index (Phi) is 4.92. The normalized spacial score (nSPS) is 18.9. The van der Waals surface area contributed by atoms with E-state index in [1.165, 1.54) is 11.1 Å². The van der Waals surface area contributed by atoms with Crippen LogP contribution in [0.5, 0.6) is 0 Å². The van der Waals surface area contributed by atoms with Gasteiger partial charge in [-0.25, -0.2) is 4.79 Å². The average molecular weight is 379 g/mol. The number of amides is 1. The van der Waals surface area contributed by atoms with Crippen molar-refractivity contribution in [3.63, 3.8) is 0 Å². The highest BCUT2D eigenvalue weighted by Crippen LogP contribution is 2.47. The van der Waals surface area contributed by atoms with Crippen LogP contribution >= 0.6 is 0 Å². The third-order valence-corrected chi connectivity index (χ3v) is 5.90. The number of likely N-dealkylation sites (tertiary alicyclic amines) is 1. The van der Waals surface area contributed by atoms with Gasteiger partial charge in [0.25, 0.3) is 0 Å². The van der Waals surface area contributed by atoms with E-state index >= 15 is 0 Å². The van der Waals surface area contributed by atoms with Gasteiger partial charge in [0.05, 0.1) is 5.69 Å². The van der Waals surface area contributed by atoms with E-state index in [2.05, 4.69) is 53.4 Å². The van der Waals surface area contributed by atoms with E-state index in [9.17, 15) is 4.79 Å². The van der Waals surface area contributed by atoms with Gasteiger partial charge in [-0.1, -0.05) is 48.5 Å². The highest BCUT2D eigenvalue weighted by molar-refractivity contribution is 5.91. The van der Waals surface area contributed by atoms with Crippen molar-refractivity contribution in [3.8, 4) is 0 Å². The summed E-state index contributed by atoms with van der Waals surface area (Å²) in [7, 11) is 0. The maximum atomic E-state index is 12.8. The first-order chi connectivity index (χ1) is 13.4. The van der Waals surface area contributed by atoms with Crippen molar-refractivity contribution in [1.82, 2.24) is 4.90 Å². The molecule has 2 aliphatic heterocycles. The van der Waals surface area contributed by atoms with Crippen molar-refractivity contribution in [3.05, 3.63) is 65.7 Å². The summed E-state index contributed by atoms with van der Waals surface area (Å²) in [6.07, 6.45) is 1.90. The molecule has 2 aliphatic rings. The number of rotatable bonds is 2. The molecule has 1 amide bonds. The standard InChI is InChI=1S/C24H30N2O2/c1-23(2,3)28-22(27)26-18-24(20-11-7-8-12-21(20)26)13-15-25(16-14-24)17-19-9-5-4-6-10-19/h4-12H,13-18H2,1-3H3. The molecule has 2 aromatic carbocycles. The first-order valence-electron chi connectivity index (χ1n) is 10.2. The summed E-state index contributed by atoms with van der Waals surface area (Å²) >= 11 is 0. The lowest BCUT2D eigenvalue weighted by Gasteiger charge is -2.40. The summed E-state index contributed by atoms with van der Waals surface area (Å²) in [5.41, 5.74) is 3.25. The van der Waals surface area contributed by atoms with E-state index in [1.54, 1.807) is 0 Å². The molecule has 0 saturated carbocycles. The minimum atomic E-state index is -0.485. The number of piperidine rings is 1. The van der Waals surface area contributed by atoms with E-state index in [-0.39, 0.29) is 11.5 Å². The molecule has 1 fully saturated rings. The number of para-hydroxylation sites is 1. The van der Waals surface area contributed by atoms with Crippen LogP contribution in [0.25, 0.3) is 0 Å². The molecule has 0 aliphatic carbocycles. The Balaban J connectivity index is 1.50. The number of hydrogen-bond donors (Lipinski definition) is 0. The maximum absolute atomic E-state index is 12.8. The zero-order valence-corrected chi connectivity index (χ0v) is 17.1. The molecule has 0 N–H and O–H groups in total. The second kappa shape index (κ2) is 7.25. The van der Waals surface area contributed by atoms with Gasteiger partial charge in [0.15, 0.2) is 0 Å². The molecule has 4 nitrogen and oxygen atoms in total. The number of benzene rings is 2. The molecule has 2 heterocycles. The molecule has 1 saturated heterocycles. The second-order valence-corrected chi connectivity index (χ2v) is 9.13. The third kappa shape index (κ3) is 3.79. The van der Waals surface area contributed by atoms with Crippen LogP contribution in [-0.4, -0.2) is 36.2 Å². The van der Waals surface area contributed by atoms with Gasteiger partial charge < -0.3 is 4.74 Å². The van der Waals surface area contributed by atoms with Crippen molar-refractivity contribution < 1.29 is 9.53 Å². The smallest absolute Gasteiger partial charge is 0.414 e. The maximum Gasteiger partial charge on any atom is 0.414 e. The summed E-state index contributed by atoms with van der Waals surface area (Å²) in [6, 6.07) is 19.0. The highest BCUT2D eigenvalue weighted by Gasteiger charge is 2.47. The zero-order valence-electron chi connectivity index (χ0n) is 17.1. The fraction of sp³-hybridized carbons (Fsp3) is 0.458. The van der Waals surface area contributed by atoms with Crippen LogP contribution in [-0.2, 0) is 16.7 Å². The van der Waals surface area contributed by atoms with E-state index in [0.29, 0.717) is 0 Å². The molecule has 28 heavy (non-hydrogen) atoms. The SMILES string of the molecule is CC(C)(C)OC(=O)N1CC2(CCN(Cc3ccccc3)CC2)c2ccccc21. The van der Waals surface area contributed by atoms with Gasteiger partial charge in [-0.05, 0) is 63.9 Å². The lowest BCUT2D eigenvalue weighted by Crippen LogP contribution is -2.46. The van der Waals surface area contributed by atoms with Gasteiger partial charge in [-0.15, -0.1) is 0 Å². The number of carbonyl (C=O) groups excluding carboxylic acids is 1. The van der Waals surface area contributed by atoms with Crippen LogP contribution in [0.4, 0.5) is 10.5 Å². The van der Waals surface area contributed by atoms with Crippen LogP contribution in [0, 0.1) is 0 Å². The molecule has 4 rings (SSSR count). The van der Waals surface area contributed by atoms with Gasteiger partial charge in [0.2, 0.25) is 0 Å². The van der Waals surface area contributed by atoms with Crippen LogP contribution < -0.4 is 4.90 Å². The van der Waals surface area contributed by atoms with Gasteiger partial charge in [-0.3, -0.25) is 9.80 Å². The average Bonchev–Trinajstić information content (AvgIpc) is 2.98. The lowest BCUT2D eigenvalue weighted by atomic mass is 9.74. The quantitative estimate of drug-likeness (QED) is 0.739. The number of anilines is 1. The lowest BCUT2D eigenvalue weighted by molar-refractivity contribution is 0.0570. The summed E-state index contributed by atoms with van der Waals surface area (Å²) < 4.78 is 5.69. The molecule has 0 bridgehead atoms. The third-order valence-electron chi connectivity index (χ3n) is 5.90. The molecule has 0 unspecified atom stereocenters. The Morgan fingerprint density at radius 2 is 1.64 bits per heavy atom. The summed E-state index contributed by atoms with van der Waals surface area (Å²) in [5, 5.41) is 0. The van der Waals surface area contributed by atoms with E-state index in [0.717, 1.165) is 44.7 Å². The predicted molar refractivity (Wildman–Crippen MR) is 113 cm³/mol. The Labute approximate surface area is 168 Å². The van der Waals surface area contributed by atoms with Gasteiger partial charge in [-0.2, -0.15) is 0 Å². The number of ether oxygens (including phenoxy) is 1. The molecule has 0 aromatic heterocycles. The zero-order chi connectivity index (χ0) is 19.8. The van der Waals surface area contributed by atoms with Crippen molar-refractivity contribution in [2.75, 3.05) is 24.5 Å². The highest BCUT2D eigenvalue weighted by atomic mass is 16.6. The van der Waals surface area contributed by atoms with Crippen molar-refractivity contribution in [1.29, 1.82) is 0 Å². The van der Waals surface area contributed by atoms with Gasteiger partial charge in [0, 0.05) is 18.5 Å². The first kappa shape index (κ1) is 19.0. The second-order valence-electron chi connectivity index (χ2n) is 9.13. The van der Waals surface area contributed by atoms with Gasteiger partial charge >= 0.3 is 6.09 Å². The van der Waals surface area contributed by atoms with Gasteiger partial charge in [0.1, 0.15) is 5.60 Å². The molecule has 4 heteroatoms. The number of hydrogen-bond acceptors (Lipinski definition) is 3. The minimum Gasteiger partial charge on any atom is -0.443 e. The fourth-order valence-electron chi connectivity index (χ4n) is 4.52. The number of carbonyl (C=O) groups is 1. The number of nitrogens with zero attached hydrogens (tertiary/aromatic N) is 2. The molecule has 2 aromatic rings. The minimum absolute atomic E-state index is 0.0423. The van der Waals surface area contributed by atoms with Crippen molar-refractivity contribution in [2.45, 2.75) is 51.2 Å².